The Labute approximate surface area is 215 Å². The molecule has 0 aliphatic heterocycles. The normalized spacial score (nSPS) is 11.7. The lowest BCUT2D eigenvalue weighted by Gasteiger charge is -2.02. The molecule has 7 heteroatoms. The van der Waals surface area contributed by atoms with E-state index < -0.39 is 0 Å². The van der Waals surface area contributed by atoms with E-state index in [9.17, 15) is 0 Å². The highest BCUT2D eigenvalue weighted by atomic mass is 35.5. The van der Waals surface area contributed by atoms with Crippen LogP contribution in [0.5, 0.6) is 0 Å². The fourth-order valence-electron chi connectivity index (χ4n) is 3.77. The van der Waals surface area contributed by atoms with Gasteiger partial charge in [-0.2, -0.15) is 0 Å². The molecule has 35 heavy (non-hydrogen) atoms. The number of oxazole rings is 2. The predicted molar refractivity (Wildman–Crippen MR) is 143 cm³/mol. The van der Waals surface area contributed by atoms with E-state index in [0.717, 1.165) is 27.8 Å². The van der Waals surface area contributed by atoms with Gasteiger partial charge in [0.2, 0.25) is 11.8 Å². The third-order valence-corrected chi connectivity index (χ3v) is 6.36. The van der Waals surface area contributed by atoms with Crippen LogP contribution in [0.1, 0.15) is 11.1 Å². The van der Waals surface area contributed by atoms with Gasteiger partial charge in [0.15, 0.2) is 11.2 Å². The molecular weight excluding hydrogens is 503 g/mol. The molecule has 4 nitrogen and oxygen atoms in total. The molecule has 0 spiro atoms. The standard InChI is InChI=1S/C28H15Cl3N2O2/c29-20-9-11-25-23(14-20)32-27(34-25)18-5-2-16(3-6-18)1-4-17-7-8-19(13-22(17)31)28-33-24-15-21(30)10-12-26(24)35-28/h1-15H. The van der Waals surface area contributed by atoms with Gasteiger partial charge in [-0.05, 0) is 71.8 Å². The van der Waals surface area contributed by atoms with E-state index in [1.165, 1.54) is 0 Å². The van der Waals surface area contributed by atoms with E-state index in [0.29, 0.717) is 43.5 Å². The van der Waals surface area contributed by atoms with Crippen molar-refractivity contribution >= 4 is 69.2 Å². The Bertz CT molecular complexity index is 1730. The number of nitrogens with zero attached hydrogens (tertiary/aromatic N) is 2. The molecule has 4 aromatic carbocycles. The molecule has 0 N–H and O–H groups in total. The molecule has 0 bridgehead atoms. The quantitative estimate of drug-likeness (QED) is 0.218. The third kappa shape index (κ3) is 4.44. The molecule has 2 heterocycles. The molecule has 0 aliphatic carbocycles. The Hall–Kier alpha value is -3.57. The van der Waals surface area contributed by atoms with Gasteiger partial charge in [-0.3, -0.25) is 0 Å². The lowest BCUT2D eigenvalue weighted by molar-refractivity contribution is 0.619. The number of hydrogen-bond acceptors (Lipinski definition) is 4. The smallest absolute Gasteiger partial charge is 0.227 e. The van der Waals surface area contributed by atoms with Crippen LogP contribution in [0.15, 0.2) is 87.7 Å². The number of fused-ring (bicyclic) bond motifs is 2. The van der Waals surface area contributed by atoms with Crippen molar-refractivity contribution in [1.29, 1.82) is 0 Å². The maximum atomic E-state index is 6.55. The minimum Gasteiger partial charge on any atom is -0.436 e. The van der Waals surface area contributed by atoms with Crippen LogP contribution in [0.4, 0.5) is 0 Å². The summed E-state index contributed by atoms with van der Waals surface area (Å²) in [4.78, 5) is 9.04. The van der Waals surface area contributed by atoms with E-state index in [-0.39, 0.29) is 0 Å². The van der Waals surface area contributed by atoms with Gasteiger partial charge in [-0.1, -0.05) is 65.2 Å². The van der Waals surface area contributed by atoms with E-state index >= 15 is 0 Å². The van der Waals surface area contributed by atoms with Crippen molar-refractivity contribution in [2.24, 2.45) is 0 Å². The highest BCUT2D eigenvalue weighted by Crippen LogP contribution is 2.30. The zero-order valence-corrected chi connectivity index (χ0v) is 20.3. The SMILES string of the molecule is Clc1ccc2oc(-c3ccc(C=Cc4ccc(-c5nc6cc(Cl)ccc6o5)cc4Cl)cc3)nc2c1. The van der Waals surface area contributed by atoms with E-state index in [1.807, 2.05) is 60.7 Å². The first-order valence-corrected chi connectivity index (χ1v) is 11.9. The van der Waals surface area contributed by atoms with Crippen LogP contribution < -0.4 is 0 Å². The van der Waals surface area contributed by atoms with Crippen molar-refractivity contribution in [3.63, 3.8) is 0 Å². The van der Waals surface area contributed by atoms with Crippen LogP contribution in [-0.4, -0.2) is 9.97 Å². The first-order chi connectivity index (χ1) is 17.0. The summed E-state index contributed by atoms with van der Waals surface area (Å²) in [6.45, 7) is 0. The Morgan fingerprint density at radius 2 is 1.14 bits per heavy atom. The summed E-state index contributed by atoms with van der Waals surface area (Å²) >= 11 is 18.6. The summed E-state index contributed by atoms with van der Waals surface area (Å²) in [5.74, 6) is 1.05. The van der Waals surface area contributed by atoms with Gasteiger partial charge in [0, 0.05) is 26.2 Å². The number of benzene rings is 4. The number of rotatable bonds is 4. The van der Waals surface area contributed by atoms with Crippen molar-refractivity contribution in [1.82, 2.24) is 9.97 Å². The van der Waals surface area contributed by atoms with Crippen molar-refractivity contribution in [3.8, 4) is 22.9 Å². The van der Waals surface area contributed by atoms with E-state index in [2.05, 4.69) is 9.97 Å². The monoisotopic (exact) mass is 516 g/mol. The molecular formula is C28H15Cl3N2O2. The van der Waals surface area contributed by atoms with Gasteiger partial charge in [0.1, 0.15) is 11.0 Å². The molecule has 2 aromatic heterocycles. The van der Waals surface area contributed by atoms with E-state index in [4.69, 9.17) is 43.6 Å². The van der Waals surface area contributed by atoms with Crippen LogP contribution in [0.3, 0.4) is 0 Å². The van der Waals surface area contributed by atoms with Gasteiger partial charge in [-0.15, -0.1) is 0 Å². The summed E-state index contributed by atoms with van der Waals surface area (Å²) in [6, 6.07) is 24.4. The summed E-state index contributed by atoms with van der Waals surface area (Å²) in [7, 11) is 0. The number of hydrogen-bond donors (Lipinski definition) is 0. The molecule has 0 unspecified atom stereocenters. The summed E-state index contributed by atoms with van der Waals surface area (Å²) < 4.78 is 11.7. The molecule has 0 fully saturated rings. The molecule has 6 rings (SSSR count). The molecule has 0 atom stereocenters. The summed E-state index contributed by atoms with van der Waals surface area (Å²) in [5.41, 5.74) is 6.40. The molecule has 0 saturated carbocycles. The highest BCUT2D eigenvalue weighted by molar-refractivity contribution is 6.32. The fraction of sp³-hybridized carbons (Fsp3) is 0. The van der Waals surface area contributed by atoms with Gasteiger partial charge >= 0.3 is 0 Å². The Balaban J connectivity index is 1.21. The molecule has 0 radical (unpaired) electrons. The Kier molecular flexibility index (Phi) is 5.57. The summed E-state index contributed by atoms with van der Waals surface area (Å²) in [6.07, 6.45) is 3.96. The molecule has 6 aromatic rings. The van der Waals surface area contributed by atoms with Crippen LogP contribution in [-0.2, 0) is 0 Å². The molecule has 170 valence electrons. The predicted octanol–water partition coefficient (Wildman–Crippen LogP) is 9.43. The lowest BCUT2D eigenvalue weighted by Crippen LogP contribution is -1.81. The summed E-state index contributed by atoms with van der Waals surface area (Å²) in [5, 5.41) is 1.84. The van der Waals surface area contributed by atoms with Crippen molar-refractivity contribution < 1.29 is 8.83 Å². The van der Waals surface area contributed by atoms with Crippen LogP contribution in [0, 0.1) is 0 Å². The second-order valence-electron chi connectivity index (χ2n) is 7.95. The first kappa shape index (κ1) is 21.9. The topological polar surface area (TPSA) is 52.1 Å². The molecule has 0 amide bonds. The second kappa shape index (κ2) is 8.90. The van der Waals surface area contributed by atoms with Gasteiger partial charge in [0.25, 0.3) is 0 Å². The fourth-order valence-corrected chi connectivity index (χ4v) is 4.34. The van der Waals surface area contributed by atoms with Crippen molar-refractivity contribution in [2.45, 2.75) is 0 Å². The van der Waals surface area contributed by atoms with Crippen molar-refractivity contribution in [2.75, 3.05) is 0 Å². The minimum atomic E-state index is 0.497. The van der Waals surface area contributed by atoms with Crippen molar-refractivity contribution in [3.05, 3.63) is 105 Å². The maximum absolute atomic E-state index is 6.55. The maximum Gasteiger partial charge on any atom is 0.227 e. The molecule has 0 saturated heterocycles. The number of aromatic nitrogens is 2. The zero-order valence-electron chi connectivity index (χ0n) is 18.0. The van der Waals surface area contributed by atoms with Crippen LogP contribution in [0.25, 0.3) is 57.3 Å². The van der Waals surface area contributed by atoms with Crippen LogP contribution in [0.2, 0.25) is 15.1 Å². The Morgan fingerprint density at radius 3 is 1.74 bits per heavy atom. The second-order valence-corrected chi connectivity index (χ2v) is 9.23. The average molecular weight is 518 g/mol. The zero-order chi connectivity index (χ0) is 23.9. The van der Waals surface area contributed by atoms with Crippen LogP contribution >= 0.6 is 34.8 Å². The highest BCUT2D eigenvalue weighted by Gasteiger charge is 2.11. The van der Waals surface area contributed by atoms with Gasteiger partial charge < -0.3 is 8.83 Å². The average Bonchev–Trinajstić information content (AvgIpc) is 3.47. The van der Waals surface area contributed by atoms with E-state index in [1.54, 1.807) is 30.3 Å². The largest absolute Gasteiger partial charge is 0.436 e. The lowest BCUT2D eigenvalue weighted by atomic mass is 10.1. The van der Waals surface area contributed by atoms with Gasteiger partial charge in [0.05, 0.1) is 0 Å². The minimum absolute atomic E-state index is 0.497. The Morgan fingerprint density at radius 1 is 0.571 bits per heavy atom. The first-order valence-electron chi connectivity index (χ1n) is 10.7. The number of halogens is 3. The van der Waals surface area contributed by atoms with Gasteiger partial charge in [-0.25, -0.2) is 9.97 Å². The molecule has 0 aliphatic rings. The third-order valence-electron chi connectivity index (χ3n) is 5.56.